The van der Waals surface area contributed by atoms with Gasteiger partial charge in [0, 0.05) is 0 Å². The minimum absolute atomic E-state index is 0.125. The molecule has 0 N–H and O–H groups in total. The monoisotopic (exact) mass is 562 g/mol. The summed E-state index contributed by atoms with van der Waals surface area (Å²) in [5.41, 5.74) is 10.3. The van der Waals surface area contributed by atoms with Crippen molar-refractivity contribution in [3.05, 3.63) is 69.8 Å². The first-order chi connectivity index (χ1) is 17.6. The van der Waals surface area contributed by atoms with E-state index in [1.807, 2.05) is 0 Å². The summed E-state index contributed by atoms with van der Waals surface area (Å²) >= 11 is 0. The van der Waals surface area contributed by atoms with Gasteiger partial charge in [0.05, 0.1) is 0 Å². The molecule has 0 unspecified atom stereocenters. The number of hydrogen-bond acceptors (Lipinski definition) is 0. The Kier molecular flexibility index (Phi) is 8.55. The van der Waals surface area contributed by atoms with Crippen LogP contribution in [-0.4, -0.2) is 16.0 Å². The zero-order chi connectivity index (χ0) is 31.0. The van der Waals surface area contributed by atoms with Crippen LogP contribution in [0.5, 0.6) is 0 Å². The molecule has 0 aromatic heterocycles. The molecule has 0 radical (unpaired) electrons. The smallest absolute Gasteiger partial charge is 0.00124 e. The highest BCUT2D eigenvalue weighted by molar-refractivity contribution is 7.62. The van der Waals surface area contributed by atoms with Gasteiger partial charge in [-0.1, -0.05) is 169 Å². The summed E-state index contributed by atoms with van der Waals surface area (Å²) < 4.78 is 0. The Labute approximate surface area is 251 Å². The molecule has 0 heterocycles. The lowest BCUT2D eigenvalue weighted by atomic mass is 9.78. The Hall–Kier alpha value is -1.13. The first-order valence-corrected chi connectivity index (χ1v) is 17.2. The van der Waals surface area contributed by atoms with E-state index in [2.05, 4.69) is 161 Å². The van der Waals surface area contributed by atoms with Gasteiger partial charge in [-0.3, -0.25) is 0 Å². The van der Waals surface area contributed by atoms with Gasteiger partial charge in [-0.05, 0) is 82.8 Å². The van der Waals surface area contributed by atoms with E-state index in [0.29, 0.717) is 17.5 Å². The van der Waals surface area contributed by atoms with Crippen molar-refractivity contribution in [2.24, 2.45) is 0 Å². The van der Waals surface area contributed by atoms with Gasteiger partial charge in [0.15, 0.2) is 0 Å². The van der Waals surface area contributed by atoms with E-state index < -0.39 is 0 Å². The van der Waals surface area contributed by atoms with Crippen LogP contribution >= 0.6 is 7.92 Å². The highest BCUT2D eigenvalue weighted by Gasteiger charge is 2.60. The van der Waals surface area contributed by atoms with Crippen molar-refractivity contribution < 1.29 is 0 Å². The van der Waals surface area contributed by atoms with Gasteiger partial charge in [0.25, 0.3) is 0 Å². The average molecular weight is 563 g/mol. The molecule has 1 heteroatoms. The second-order valence-corrected chi connectivity index (χ2v) is 23.0. The van der Waals surface area contributed by atoms with Crippen LogP contribution < -0.4 is 0 Å². The van der Waals surface area contributed by atoms with Crippen LogP contribution in [0.3, 0.4) is 0 Å². The van der Waals surface area contributed by atoms with Crippen molar-refractivity contribution in [1.29, 1.82) is 0 Å². The van der Waals surface area contributed by atoms with E-state index in [1.165, 1.54) is 22.3 Å². The second-order valence-electron chi connectivity index (χ2n) is 18.9. The lowest BCUT2D eigenvalue weighted by Gasteiger charge is -2.42. The molecule has 3 rings (SSSR count). The van der Waals surface area contributed by atoms with Crippen molar-refractivity contribution in [3.8, 4) is 0 Å². The minimum Gasteiger partial charge on any atom is -0.0912 e. The van der Waals surface area contributed by atoms with Crippen LogP contribution in [0.4, 0.5) is 0 Å². The maximum Gasteiger partial charge on any atom is -0.00124 e. The molecule has 224 valence electrons. The summed E-state index contributed by atoms with van der Waals surface area (Å²) in [6.45, 7) is 43.6. The average Bonchev–Trinajstić information content (AvgIpc) is 3.42. The Morgan fingerprint density at radius 3 is 0.775 bits per heavy atom. The van der Waals surface area contributed by atoms with Crippen LogP contribution in [0.15, 0.2) is 36.4 Å². The first kappa shape index (κ1) is 33.4. The lowest BCUT2D eigenvalue weighted by molar-refractivity contribution is 0.565. The molecule has 2 aromatic rings. The predicted octanol–water partition coefficient (Wildman–Crippen LogP) is 12.2. The van der Waals surface area contributed by atoms with Gasteiger partial charge in [0.1, 0.15) is 0 Å². The summed E-state index contributed by atoms with van der Waals surface area (Å²) in [5.74, 6) is 1.13. The summed E-state index contributed by atoms with van der Waals surface area (Å²) in [7, 11) is -0.267. The zero-order valence-electron chi connectivity index (χ0n) is 29.6. The van der Waals surface area contributed by atoms with Crippen molar-refractivity contribution in [1.82, 2.24) is 0 Å². The maximum atomic E-state index is 2.59. The molecule has 1 aliphatic rings. The SMILES string of the molecule is CC(C)(C)c1cc([C@H]2C(P(C(C)(C)C)C(C)(C)C)[C@@H]2c2cc(C(C)(C)C)cc(C(C)(C)C)c2)cc(C(C)(C)C)c1. The first-order valence-electron chi connectivity index (χ1n) is 15.7. The standard InChI is InChI=1S/C39H63P/c1-34(2,3)27-19-25(20-28(23-27)35(4,5)6)31-32(33(31)40(38(13,14)15)39(16,17)18)26-21-29(36(7,8)9)24-30(22-26)37(10,11)12/h19-24,31-33H,1-18H3/t31-,32-/m1/s1. The van der Waals surface area contributed by atoms with Crippen LogP contribution in [0.25, 0.3) is 0 Å². The van der Waals surface area contributed by atoms with Crippen LogP contribution in [-0.2, 0) is 21.7 Å². The van der Waals surface area contributed by atoms with Gasteiger partial charge >= 0.3 is 0 Å². The normalized spacial score (nSPS) is 21.2. The zero-order valence-corrected chi connectivity index (χ0v) is 30.5. The number of hydrogen-bond donors (Lipinski definition) is 0. The molecular formula is C39H63P. The third-order valence-corrected chi connectivity index (χ3v) is 13.0. The van der Waals surface area contributed by atoms with E-state index in [9.17, 15) is 0 Å². The third-order valence-electron chi connectivity index (χ3n) is 8.87. The third kappa shape index (κ3) is 7.25. The Morgan fingerprint density at radius 1 is 0.375 bits per heavy atom. The highest BCUT2D eigenvalue weighted by Crippen LogP contribution is 2.78. The van der Waals surface area contributed by atoms with Gasteiger partial charge in [-0.25, -0.2) is 0 Å². The van der Waals surface area contributed by atoms with E-state index in [-0.39, 0.29) is 39.9 Å². The molecule has 2 aromatic carbocycles. The Bertz CT molecular complexity index is 1040. The topological polar surface area (TPSA) is 0 Å². The van der Waals surface area contributed by atoms with E-state index in [0.717, 1.165) is 0 Å². The van der Waals surface area contributed by atoms with Gasteiger partial charge in [0.2, 0.25) is 0 Å². The van der Waals surface area contributed by atoms with Crippen LogP contribution in [0.2, 0.25) is 0 Å². The van der Waals surface area contributed by atoms with Crippen molar-refractivity contribution in [2.45, 2.75) is 174 Å². The minimum atomic E-state index is -0.267. The summed E-state index contributed by atoms with van der Waals surface area (Å²) in [5, 5.41) is 0.572. The van der Waals surface area contributed by atoms with E-state index >= 15 is 0 Å². The summed E-state index contributed by atoms with van der Waals surface area (Å²) in [4.78, 5) is 0. The largest absolute Gasteiger partial charge is 0.0912 e. The van der Waals surface area contributed by atoms with Crippen molar-refractivity contribution in [3.63, 3.8) is 0 Å². The molecule has 0 aliphatic heterocycles. The number of benzene rings is 2. The molecule has 0 saturated heterocycles. The molecule has 2 atom stereocenters. The Morgan fingerprint density at radius 2 is 0.600 bits per heavy atom. The predicted molar refractivity (Wildman–Crippen MR) is 183 cm³/mol. The fourth-order valence-electron chi connectivity index (χ4n) is 6.75. The van der Waals surface area contributed by atoms with Gasteiger partial charge in [-0.2, -0.15) is 0 Å². The second kappa shape index (κ2) is 10.2. The maximum absolute atomic E-state index is 2.59. The molecule has 1 aliphatic carbocycles. The molecule has 0 bridgehead atoms. The summed E-state index contributed by atoms with van der Waals surface area (Å²) in [6.07, 6.45) is 0. The molecule has 1 fully saturated rings. The highest BCUT2D eigenvalue weighted by atomic mass is 31.1. The van der Waals surface area contributed by atoms with Gasteiger partial charge < -0.3 is 0 Å². The molecule has 1 saturated carbocycles. The molecule has 0 nitrogen and oxygen atoms in total. The summed E-state index contributed by atoms with van der Waals surface area (Å²) in [6, 6.07) is 15.3. The molecule has 40 heavy (non-hydrogen) atoms. The fourth-order valence-corrected chi connectivity index (χ4v) is 11.8. The molecule has 0 spiro atoms. The lowest BCUT2D eigenvalue weighted by Crippen LogP contribution is -2.28. The molecule has 0 amide bonds. The van der Waals surface area contributed by atoms with Crippen molar-refractivity contribution >= 4 is 7.92 Å². The Balaban J connectivity index is 2.35. The van der Waals surface area contributed by atoms with E-state index in [4.69, 9.17) is 0 Å². The van der Waals surface area contributed by atoms with Crippen LogP contribution in [0, 0.1) is 0 Å². The quantitative estimate of drug-likeness (QED) is 0.326. The van der Waals surface area contributed by atoms with Crippen LogP contribution in [0.1, 0.15) is 170 Å². The number of rotatable bonds is 3. The molecular weight excluding hydrogens is 499 g/mol. The van der Waals surface area contributed by atoms with E-state index in [1.54, 1.807) is 11.1 Å². The fraction of sp³-hybridized carbons (Fsp3) is 0.692. The van der Waals surface area contributed by atoms with Gasteiger partial charge in [-0.15, -0.1) is 0 Å². The van der Waals surface area contributed by atoms with Crippen molar-refractivity contribution in [2.75, 3.05) is 0 Å².